The van der Waals surface area contributed by atoms with Gasteiger partial charge < -0.3 is 15.2 Å². The molecule has 1 amide bonds. The van der Waals surface area contributed by atoms with Gasteiger partial charge >= 0.3 is 5.97 Å². The summed E-state index contributed by atoms with van der Waals surface area (Å²) in [5.74, 6) is 0.917. The largest absolute Gasteiger partial charge is 0.485 e. The van der Waals surface area contributed by atoms with E-state index in [4.69, 9.17) is 4.74 Å². The number of amides is 1. The zero-order chi connectivity index (χ0) is 25.9. The lowest BCUT2D eigenvalue weighted by molar-refractivity contribution is -0.150. The summed E-state index contributed by atoms with van der Waals surface area (Å²) in [5.41, 5.74) is 0.933. The van der Waals surface area contributed by atoms with Crippen LogP contribution in [0.5, 0.6) is 5.75 Å². The van der Waals surface area contributed by atoms with E-state index in [0.29, 0.717) is 29.1 Å². The molecule has 2 N–H and O–H groups in total. The van der Waals surface area contributed by atoms with Gasteiger partial charge in [0.05, 0.1) is 15.8 Å². The summed E-state index contributed by atoms with van der Waals surface area (Å²) in [7, 11) is 0. The zero-order valence-electron chi connectivity index (χ0n) is 21.1. The molecule has 6 nitrogen and oxygen atoms in total. The van der Waals surface area contributed by atoms with Crippen molar-refractivity contribution in [3.63, 3.8) is 0 Å². The summed E-state index contributed by atoms with van der Waals surface area (Å²) >= 11 is 1.57. The van der Waals surface area contributed by atoms with Gasteiger partial charge in [-0.05, 0) is 79.9 Å². The molecule has 38 heavy (non-hydrogen) atoms. The van der Waals surface area contributed by atoms with E-state index in [2.05, 4.69) is 10.3 Å². The Labute approximate surface area is 225 Å². The Morgan fingerprint density at radius 3 is 2.37 bits per heavy atom. The highest BCUT2D eigenvalue weighted by Gasteiger charge is 2.56. The van der Waals surface area contributed by atoms with E-state index in [9.17, 15) is 14.7 Å². The van der Waals surface area contributed by atoms with Gasteiger partial charge in [-0.1, -0.05) is 42.5 Å². The van der Waals surface area contributed by atoms with Crippen molar-refractivity contribution in [3.8, 4) is 5.75 Å². The molecule has 4 fully saturated rings. The Hall–Kier alpha value is -3.45. The average Bonchev–Trinajstić information content (AvgIpc) is 3.32. The van der Waals surface area contributed by atoms with Gasteiger partial charge in [0.15, 0.2) is 0 Å². The molecule has 4 aromatic rings. The highest BCUT2D eigenvalue weighted by atomic mass is 32.1. The minimum Gasteiger partial charge on any atom is -0.485 e. The van der Waals surface area contributed by atoms with Crippen LogP contribution < -0.4 is 10.1 Å². The molecule has 8 rings (SSSR count). The van der Waals surface area contributed by atoms with Gasteiger partial charge in [0.1, 0.15) is 23.4 Å². The van der Waals surface area contributed by atoms with Crippen LogP contribution in [0.2, 0.25) is 0 Å². The molecule has 4 aliphatic carbocycles. The maximum Gasteiger partial charge on any atom is 0.326 e. The summed E-state index contributed by atoms with van der Waals surface area (Å²) < 4.78 is 7.40. The number of fused-ring (bicyclic) bond motifs is 2. The first kappa shape index (κ1) is 23.7. The molecule has 7 heteroatoms. The van der Waals surface area contributed by atoms with Crippen LogP contribution >= 0.6 is 11.3 Å². The Bertz CT molecular complexity index is 1490. The quantitative estimate of drug-likeness (QED) is 0.290. The fourth-order valence-corrected chi connectivity index (χ4v) is 8.79. The Kier molecular flexibility index (Phi) is 5.65. The van der Waals surface area contributed by atoms with Crippen LogP contribution in [0, 0.1) is 23.2 Å². The second-order valence-corrected chi connectivity index (χ2v) is 12.7. The standard InChI is InChI=1S/C31H30N2O4S/c34-29(33-28(30(35)36)31-14-18-11-19(15-31)13-20(12-18)16-31)23-10-9-21-5-1-2-6-22(21)27(23)37-17-26-32-24-7-3-4-8-25(24)38-26/h1-10,18-20,28H,11-17H2,(H,33,34)(H,35,36)/t18?,19?,20?,28-,31?/m1/s1. The number of nitrogens with one attached hydrogen (secondary N) is 1. The van der Waals surface area contributed by atoms with Crippen molar-refractivity contribution in [1.29, 1.82) is 0 Å². The van der Waals surface area contributed by atoms with E-state index >= 15 is 0 Å². The number of hydrogen-bond donors (Lipinski definition) is 2. The van der Waals surface area contributed by atoms with Crippen LogP contribution in [0.25, 0.3) is 21.0 Å². The molecule has 4 bridgehead atoms. The Balaban J connectivity index is 1.20. The normalized spacial score (nSPS) is 26.5. The third-order valence-corrected chi connectivity index (χ3v) is 10.0. The highest BCUT2D eigenvalue weighted by molar-refractivity contribution is 7.18. The molecular weight excluding hydrogens is 496 g/mol. The molecule has 3 aromatic carbocycles. The molecule has 4 saturated carbocycles. The number of benzene rings is 3. The molecule has 0 aliphatic heterocycles. The van der Waals surface area contributed by atoms with Crippen molar-refractivity contribution < 1.29 is 19.4 Å². The number of carbonyl (C=O) groups is 2. The van der Waals surface area contributed by atoms with Gasteiger partial charge in [-0.2, -0.15) is 0 Å². The predicted octanol–water partition coefficient (Wildman–Crippen LogP) is 6.43. The fraction of sp³-hybridized carbons (Fsp3) is 0.387. The van der Waals surface area contributed by atoms with Crippen molar-refractivity contribution in [1.82, 2.24) is 10.3 Å². The molecule has 1 heterocycles. The monoisotopic (exact) mass is 526 g/mol. The molecule has 0 spiro atoms. The van der Waals surface area contributed by atoms with E-state index in [0.717, 1.165) is 45.3 Å². The first-order valence-electron chi connectivity index (χ1n) is 13.5. The van der Waals surface area contributed by atoms with Crippen molar-refractivity contribution in [3.05, 3.63) is 71.2 Å². The minimum atomic E-state index is -0.932. The molecule has 1 atom stereocenters. The Morgan fingerprint density at radius 2 is 1.66 bits per heavy atom. The molecule has 194 valence electrons. The molecule has 1 aromatic heterocycles. The van der Waals surface area contributed by atoms with Crippen LogP contribution in [0.1, 0.15) is 53.9 Å². The molecule has 0 saturated heterocycles. The van der Waals surface area contributed by atoms with Gasteiger partial charge in [-0.25, -0.2) is 9.78 Å². The van der Waals surface area contributed by atoms with Gasteiger partial charge in [0, 0.05) is 10.8 Å². The number of para-hydroxylation sites is 1. The number of thiazole rings is 1. The first-order valence-corrected chi connectivity index (χ1v) is 14.3. The third-order valence-electron chi connectivity index (χ3n) is 9.02. The van der Waals surface area contributed by atoms with E-state index in [-0.39, 0.29) is 12.0 Å². The van der Waals surface area contributed by atoms with Gasteiger partial charge in [-0.15, -0.1) is 11.3 Å². The lowest BCUT2D eigenvalue weighted by Gasteiger charge is -2.58. The molecule has 0 radical (unpaired) electrons. The maximum absolute atomic E-state index is 13.8. The van der Waals surface area contributed by atoms with E-state index in [1.54, 1.807) is 17.4 Å². The van der Waals surface area contributed by atoms with Gasteiger partial charge in [-0.3, -0.25) is 4.79 Å². The Morgan fingerprint density at radius 1 is 0.974 bits per heavy atom. The van der Waals surface area contributed by atoms with Gasteiger partial charge in [0.25, 0.3) is 5.91 Å². The lowest BCUT2D eigenvalue weighted by atomic mass is 9.47. The minimum absolute atomic E-state index is 0.227. The predicted molar refractivity (Wildman–Crippen MR) is 147 cm³/mol. The number of carboxylic acid groups (broad SMARTS) is 1. The summed E-state index contributed by atoms with van der Waals surface area (Å²) in [4.78, 5) is 31.1. The zero-order valence-corrected chi connectivity index (χ0v) is 21.9. The van der Waals surface area contributed by atoms with Gasteiger partial charge in [0.2, 0.25) is 0 Å². The molecule has 0 unspecified atom stereocenters. The number of aromatic nitrogens is 1. The maximum atomic E-state index is 13.8. The second kappa shape index (κ2) is 9.09. The van der Waals surface area contributed by atoms with Crippen LogP contribution in [-0.2, 0) is 11.4 Å². The average molecular weight is 527 g/mol. The van der Waals surface area contributed by atoms with Crippen molar-refractivity contribution in [2.45, 2.75) is 51.2 Å². The number of rotatable bonds is 7. The molecular formula is C31H30N2O4S. The SMILES string of the molecule is O=C(N[C@H](C(=O)O)C12CC3CC(CC(C3)C1)C2)c1ccc2ccccc2c1OCc1nc2ccccc2s1. The lowest BCUT2D eigenvalue weighted by Crippen LogP contribution is -2.59. The van der Waals surface area contributed by atoms with Crippen molar-refractivity contribution >= 4 is 44.2 Å². The third kappa shape index (κ3) is 4.04. The summed E-state index contributed by atoms with van der Waals surface area (Å²) in [5, 5.41) is 15.9. The summed E-state index contributed by atoms with van der Waals surface area (Å²) in [6.45, 7) is 0.227. The number of hydrogen-bond acceptors (Lipinski definition) is 5. The number of nitrogens with zero attached hydrogens (tertiary/aromatic N) is 1. The van der Waals surface area contributed by atoms with E-state index in [1.807, 2.05) is 54.6 Å². The highest BCUT2D eigenvalue weighted by Crippen LogP contribution is 2.61. The topological polar surface area (TPSA) is 88.5 Å². The fourth-order valence-electron chi connectivity index (χ4n) is 7.91. The first-order chi connectivity index (χ1) is 18.5. The van der Waals surface area contributed by atoms with Crippen LogP contribution in [-0.4, -0.2) is 28.0 Å². The van der Waals surface area contributed by atoms with Crippen LogP contribution in [0.4, 0.5) is 0 Å². The number of carboxylic acids is 1. The van der Waals surface area contributed by atoms with Crippen LogP contribution in [0.15, 0.2) is 60.7 Å². The van der Waals surface area contributed by atoms with Crippen LogP contribution in [0.3, 0.4) is 0 Å². The second-order valence-electron chi connectivity index (χ2n) is 11.6. The number of aliphatic carboxylic acids is 1. The number of carbonyl (C=O) groups excluding carboxylic acids is 1. The summed E-state index contributed by atoms with van der Waals surface area (Å²) in [6.07, 6.45) is 6.34. The summed E-state index contributed by atoms with van der Waals surface area (Å²) in [6, 6.07) is 18.5. The van der Waals surface area contributed by atoms with Crippen molar-refractivity contribution in [2.24, 2.45) is 23.2 Å². The van der Waals surface area contributed by atoms with E-state index in [1.165, 1.54) is 19.3 Å². The smallest absolute Gasteiger partial charge is 0.326 e. The molecule has 4 aliphatic rings. The van der Waals surface area contributed by atoms with E-state index < -0.39 is 17.9 Å². The number of ether oxygens (including phenoxy) is 1. The van der Waals surface area contributed by atoms with Crippen molar-refractivity contribution in [2.75, 3.05) is 0 Å².